The second kappa shape index (κ2) is 10.8. The second-order valence-corrected chi connectivity index (χ2v) is 7.68. The van der Waals surface area contributed by atoms with Crippen molar-refractivity contribution in [1.82, 2.24) is 4.90 Å². The molecule has 0 spiro atoms. The molecule has 1 aliphatic rings. The van der Waals surface area contributed by atoms with Crippen LogP contribution in [0.15, 0.2) is 42.5 Å². The molecule has 7 nitrogen and oxygen atoms in total. The molecule has 0 atom stereocenters. The predicted molar refractivity (Wildman–Crippen MR) is 123 cm³/mol. The minimum Gasteiger partial charge on any atom is -0.493 e. The van der Waals surface area contributed by atoms with Gasteiger partial charge in [0.15, 0.2) is 11.5 Å². The van der Waals surface area contributed by atoms with Crippen LogP contribution in [0.3, 0.4) is 0 Å². The van der Waals surface area contributed by atoms with E-state index in [1.54, 1.807) is 42.5 Å². The third kappa shape index (κ3) is 5.88. The lowest BCUT2D eigenvalue weighted by Crippen LogP contribution is -2.28. The standard InChI is InChI=1S/C24H25ClN2O5/c1-3-12-32-24-19(25)13-17(14-20(24)31-2)6-9-21(28)26-18-7-4-16(5-8-18)15-27-22(29)10-11-23(27)30/h4-9,13-14H,3,10-12,15H2,1-2H3,(H,26,28)/b9-6+. The van der Waals surface area contributed by atoms with E-state index in [1.165, 1.54) is 18.1 Å². The Balaban J connectivity index is 1.61. The Morgan fingerprint density at radius 2 is 1.84 bits per heavy atom. The Morgan fingerprint density at radius 1 is 1.16 bits per heavy atom. The Morgan fingerprint density at radius 3 is 2.47 bits per heavy atom. The van der Waals surface area contributed by atoms with Crippen LogP contribution in [-0.2, 0) is 20.9 Å². The maximum Gasteiger partial charge on any atom is 0.248 e. The number of amides is 3. The SMILES string of the molecule is CCCOc1c(Cl)cc(/C=C/C(=O)Nc2ccc(CN3C(=O)CCC3=O)cc2)cc1OC. The van der Waals surface area contributed by atoms with Gasteiger partial charge in [-0.3, -0.25) is 19.3 Å². The fraction of sp³-hybridized carbons (Fsp3) is 0.292. The number of carbonyl (C=O) groups is 3. The number of ether oxygens (including phenoxy) is 2. The Labute approximate surface area is 191 Å². The number of hydrogen-bond acceptors (Lipinski definition) is 5. The van der Waals surface area contributed by atoms with E-state index < -0.39 is 0 Å². The summed E-state index contributed by atoms with van der Waals surface area (Å²) in [6.45, 7) is 2.77. The van der Waals surface area contributed by atoms with Crippen molar-refractivity contribution in [3.05, 3.63) is 58.6 Å². The zero-order valence-corrected chi connectivity index (χ0v) is 18.8. The van der Waals surface area contributed by atoms with Crippen LogP contribution in [0.2, 0.25) is 5.02 Å². The lowest BCUT2D eigenvalue weighted by atomic mass is 10.1. The number of rotatable bonds is 9. The highest BCUT2D eigenvalue weighted by molar-refractivity contribution is 6.32. The van der Waals surface area contributed by atoms with Crippen molar-refractivity contribution < 1.29 is 23.9 Å². The number of methoxy groups -OCH3 is 1. The topological polar surface area (TPSA) is 84.9 Å². The fourth-order valence-corrected chi connectivity index (χ4v) is 3.48. The lowest BCUT2D eigenvalue weighted by Gasteiger charge is -2.14. The van der Waals surface area contributed by atoms with Crippen LogP contribution in [0.25, 0.3) is 6.08 Å². The van der Waals surface area contributed by atoms with Gasteiger partial charge in [0, 0.05) is 24.6 Å². The van der Waals surface area contributed by atoms with E-state index in [2.05, 4.69) is 5.32 Å². The highest BCUT2D eigenvalue weighted by Crippen LogP contribution is 2.36. The van der Waals surface area contributed by atoms with Crippen molar-refractivity contribution in [3.63, 3.8) is 0 Å². The normalized spacial score (nSPS) is 13.7. The highest BCUT2D eigenvalue weighted by Gasteiger charge is 2.28. The number of nitrogens with one attached hydrogen (secondary N) is 1. The average Bonchev–Trinajstić information content (AvgIpc) is 3.10. The van der Waals surface area contributed by atoms with Crippen LogP contribution >= 0.6 is 11.6 Å². The van der Waals surface area contributed by atoms with Gasteiger partial charge in [0.2, 0.25) is 17.7 Å². The first-order valence-corrected chi connectivity index (χ1v) is 10.7. The molecule has 0 aromatic heterocycles. The maximum atomic E-state index is 12.3. The number of halogens is 1. The van der Waals surface area contributed by atoms with E-state index in [4.69, 9.17) is 21.1 Å². The molecule has 8 heteroatoms. The largest absolute Gasteiger partial charge is 0.493 e. The van der Waals surface area contributed by atoms with Gasteiger partial charge in [0.25, 0.3) is 0 Å². The van der Waals surface area contributed by atoms with Crippen LogP contribution in [0.5, 0.6) is 11.5 Å². The van der Waals surface area contributed by atoms with Gasteiger partial charge < -0.3 is 14.8 Å². The molecule has 0 bridgehead atoms. The number of benzene rings is 2. The molecule has 168 valence electrons. The molecular weight excluding hydrogens is 432 g/mol. The van der Waals surface area contributed by atoms with Crippen LogP contribution in [-0.4, -0.2) is 36.3 Å². The molecule has 3 rings (SSSR count). The van der Waals surface area contributed by atoms with Gasteiger partial charge in [-0.05, 0) is 47.9 Å². The quantitative estimate of drug-likeness (QED) is 0.445. The molecule has 0 unspecified atom stereocenters. The zero-order valence-electron chi connectivity index (χ0n) is 18.0. The molecular formula is C24H25ClN2O5. The first-order valence-electron chi connectivity index (χ1n) is 10.3. The van der Waals surface area contributed by atoms with Gasteiger partial charge in [-0.1, -0.05) is 30.7 Å². The molecule has 1 heterocycles. The number of nitrogens with zero attached hydrogens (tertiary/aromatic N) is 1. The number of carbonyl (C=O) groups excluding carboxylic acids is 3. The van der Waals surface area contributed by atoms with Gasteiger partial charge in [-0.15, -0.1) is 0 Å². The number of anilines is 1. The molecule has 2 aromatic carbocycles. The van der Waals surface area contributed by atoms with Gasteiger partial charge >= 0.3 is 0 Å². The molecule has 2 aromatic rings. The van der Waals surface area contributed by atoms with Gasteiger partial charge in [-0.2, -0.15) is 0 Å². The Kier molecular flexibility index (Phi) is 7.89. The molecule has 32 heavy (non-hydrogen) atoms. The Hall–Kier alpha value is -3.32. The van der Waals surface area contributed by atoms with E-state index in [0.717, 1.165) is 12.0 Å². The lowest BCUT2D eigenvalue weighted by molar-refractivity contribution is -0.139. The van der Waals surface area contributed by atoms with Crippen molar-refractivity contribution in [2.45, 2.75) is 32.7 Å². The summed E-state index contributed by atoms with van der Waals surface area (Å²) in [4.78, 5) is 37.0. The minimum absolute atomic E-state index is 0.154. The molecule has 1 saturated heterocycles. The molecule has 0 radical (unpaired) electrons. The molecule has 1 fully saturated rings. The van der Waals surface area contributed by atoms with Crippen molar-refractivity contribution in [3.8, 4) is 11.5 Å². The predicted octanol–water partition coefficient (Wildman–Crippen LogP) is 4.44. The van der Waals surface area contributed by atoms with E-state index >= 15 is 0 Å². The zero-order chi connectivity index (χ0) is 23.1. The van der Waals surface area contributed by atoms with Crippen LogP contribution < -0.4 is 14.8 Å². The first-order chi connectivity index (χ1) is 15.4. The van der Waals surface area contributed by atoms with E-state index in [9.17, 15) is 14.4 Å². The van der Waals surface area contributed by atoms with Crippen LogP contribution in [0.1, 0.15) is 37.3 Å². The number of hydrogen-bond donors (Lipinski definition) is 1. The van der Waals surface area contributed by atoms with Gasteiger partial charge in [-0.25, -0.2) is 0 Å². The first kappa shape index (κ1) is 23.3. The highest BCUT2D eigenvalue weighted by atomic mass is 35.5. The van der Waals surface area contributed by atoms with E-state index in [-0.39, 0.29) is 37.1 Å². The van der Waals surface area contributed by atoms with E-state index in [0.29, 0.717) is 34.4 Å². The maximum absolute atomic E-state index is 12.3. The molecule has 0 saturated carbocycles. The Bertz CT molecular complexity index is 1020. The van der Waals surface area contributed by atoms with Gasteiger partial charge in [0.05, 0.1) is 25.3 Å². The summed E-state index contributed by atoms with van der Waals surface area (Å²) in [6.07, 6.45) is 4.41. The summed E-state index contributed by atoms with van der Waals surface area (Å²) < 4.78 is 11.0. The number of likely N-dealkylation sites (tertiary alicyclic amines) is 1. The summed E-state index contributed by atoms with van der Waals surface area (Å²) >= 11 is 6.30. The van der Waals surface area contributed by atoms with Crippen molar-refractivity contribution in [2.24, 2.45) is 0 Å². The van der Waals surface area contributed by atoms with Crippen molar-refractivity contribution in [2.75, 3.05) is 19.0 Å². The number of imide groups is 1. The van der Waals surface area contributed by atoms with Crippen LogP contribution in [0.4, 0.5) is 5.69 Å². The third-order valence-corrected chi connectivity index (χ3v) is 5.13. The summed E-state index contributed by atoms with van der Waals surface area (Å²) in [5.41, 5.74) is 2.11. The van der Waals surface area contributed by atoms with E-state index in [1.807, 2.05) is 6.92 Å². The summed E-state index contributed by atoms with van der Waals surface area (Å²) in [6, 6.07) is 10.5. The molecule has 0 aliphatic carbocycles. The summed E-state index contributed by atoms with van der Waals surface area (Å²) in [7, 11) is 1.53. The molecule has 1 aliphatic heterocycles. The summed E-state index contributed by atoms with van der Waals surface area (Å²) in [5.74, 6) is 0.356. The van der Waals surface area contributed by atoms with Crippen molar-refractivity contribution >= 4 is 41.1 Å². The molecule has 3 amide bonds. The van der Waals surface area contributed by atoms with Gasteiger partial charge in [0.1, 0.15) is 0 Å². The third-order valence-electron chi connectivity index (χ3n) is 4.85. The fourth-order valence-electron chi connectivity index (χ4n) is 3.21. The smallest absolute Gasteiger partial charge is 0.248 e. The van der Waals surface area contributed by atoms with Crippen molar-refractivity contribution in [1.29, 1.82) is 0 Å². The monoisotopic (exact) mass is 456 g/mol. The second-order valence-electron chi connectivity index (χ2n) is 7.28. The van der Waals surface area contributed by atoms with Crippen LogP contribution in [0, 0.1) is 0 Å². The average molecular weight is 457 g/mol. The molecule has 1 N–H and O–H groups in total. The summed E-state index contributed by atoms with van der Waals surface area (Å²) in [5, 5.41) is 3.18. The minimum atomic E-state index is -0.316.